The van der Waals surface area contributed by atoms with E-state index in [1.807, 2.05) is 6.08 Å². The highest BCUT2D eigenvalue weighted by Gasteiger charge is 2.22. The van der Waals surface area contributed by atoms with Crippen LogP contribution in [0.1, 0.15) is 51.4 Å². The summed E-state index contributed by atoms with van der Waals surface area (Å²) in [6.45, 7) is 3.78. The molecule has 7 rings (SSSR count). The molecular weight excluding hydrogens is 452 g/mol. The number of benzene rings is 7. The van der Waals surface area contributed by atoms with Gasteiger partial charge >= 0.3 is 5.97 Å². The Bertz CT molecular complexity index is 1840. The molecule has 0 bridgehead atoms. The first kappa shape index (κ1) is 22.3. The minimum absolute atomic E-state index is 0.133. The van der Waals surface area contributed by atoms with Gasteiger partial charge in [-0.2, -0.15) is 0 Å². The smallest absolute Gasteiger partial charge is 0.311 e. The van der Waals surface area contributed by atoms with E-state index in [1.165, 1.54) is 79.5 Å². The Labute approximate surface area is 216 Å². The summed E-state index contributed by atoms with van der Waals surface area (Å²) in [5.74, 6) is 0.549. The maximum absolute atomic E-state index is 12.9. The van der Waals surface area contributed by atoms with Gasteiger partial charge in [0.1, 0.15) is 5.75 Å². The van der Waals surface area contributed by atoms with Crippen LogP contribution in [0, 0.1) is 0 Å². The van der Waals surface area contributed by atoms with Gasteiger partial charge in [0.15, 0.2) is 0 Å². The third-order valence-electron chi connectivity index (χ3n) is 8.23. The molecule has 182 valence electrons. The van der Waals surface area contributed by atoms with Crippen molar-refractivity contribution in [1.29, 1.82) is 0 Å². The number of unbranched alkanes of at least 4 members (excludes halogenated alkanes) is 6. The molecule has 0 saturated carbocycles. The Morgan fingerprint density at radius 3 is 1.65 bits per heavy atom. The molecule has 0 heterocycles. The largest absolute Gasteiger partial charge is 0.426 e. The van der Waals surface area contributed by atoms with Gasteiger partial charge in [0.2, 0.25) is 0 Å². The van der Waals surface area contributed by atoms with Crippen LogP contribution in [-0.2, 0) is 4.79 Å². The summed E-state index contributed by atoms with van der Waals surface area (Å²) < 4.78 is 6.08. The normalized spacial score (nSPS) is 12.3. The van der Waals surface area contributed by atoms with E-state index in [0.717, 1.165) is 30.0 Å². The van der Waals surface area contributed by atoms with Crippen LogP contribution in [0.25, 0.3) is 64.6 Å². The van der Waals surface area contributed by atoms with Gasteiger partial charge in [0.25, 0.3) is 0 Å². The number of hydrogen-bond donors (Lipinski definition) is 0. The van der Waals surface area contributed by atoms with E-state index < -0.39 is 0 Å². The van der Waals surface area contributed by atoms with Gasteiger partial charge in [-0.15, -0.1) is 6.58 Å². The molecule has 0 N–H and O–H groups in total. The Kier molecular flexibility index (Phi) is 5.35. The van der Waals surface area contributed by atoms with Crippen molar-refractivity contribution in [1.82, 2.24) is 0 Å². The number of hydrogen-bond acceptors (Lipinski definition) is 2. The highest BCUT2D eigenvalue weighted by Crippen LogP contribution is 2.50. The van der Waals surface area contributed by atoms with Gasteiger partial charge in [-0.25, -0.2) is 0 Å². The number of rotatable bonds is 10. The molecule has 0 aromatic heterocycles. The number of carbonyl (C=O) groups is 1. The molecular formula is C35H30O2. The minimum atomic E-state index is -0.133. The summed E-state index contributed by atoms with van der Waals surface area (Å²) in [7, 11) is 0. The van der Waals surface area contributed by atoms with Crippen molar-refractivity contribution < 1.29 is 9.53 Å². The van der Waals surface area contributed by atoms with Gasteiger partial charge in [0.05, 0.1) is 0 Å². The average Bonchev–Trinajstić information content (AvgIpc) is 2.93. The van der Waals surface area contributed by atoms with Crippen molar-refractivity contribution in [2.24, 2.45) is 0 Å². The Balaban J connectivity index is 1.28. The van der Waals surface area contributed by atoms with Crippen molar-refractivity contribution in [2.75, 3.05) is 0 Å². The van der Waals surface area contributed by atoms with Gasteiger partial charge in [-0.3, -0.25) is 4.79 Å². The number of carbonyl (C=O) groups excluding carboxylic acids is 1. The van der Waals surface area contributed by atoms with Crippen LogP contribution in [-0.4, -0.2) is 5.97 Å². The Hall–Kier alpha value is -3.91. The van der Waals surface area contributed by atoms with Crippen molar-refractivity contribution in [3.8, 4) is 5.75 Å². The molecule has 2 nitrogen and oxygen atoms in total. The molecule has 0 amide bonds. The predicted molar refractivity (Wildman–Crippen MR) is 158 cm³/mol. The monoisotopic (exact) mass is 482 g/mol. The van der Waals surface area contributed by atoms with E-state index in [9.17, 15) is 4.79 Å². The number of ether oxygens (including phenoxy) is 1. The third-order valence-corrected chi connectivity index (χ3v) is 8.23. The summed E-state index contributed by atoms with van der Waals surface area (Å²) in [6.07, 6.45) is 10.4. The SMILES string of the molecule is C=CCCCCCCCCC(=O)Oc1cc2ccc3ccc4ccc5ccc6ccc1c1c6c5c4c3c21. The van der Waals surface area contributed by atoms with E-state index in [4.69, 9.17) is 4.74 Å². The lowest BCUT2D eigenvalue weighted by Crippen LogP contribution is -2.08. The summed E-state index contributed by atoms with van der Waals surface area (Å²) >= 11 is 0. The van der Waals surface area contributed by atoms with Crippen LogP contribution >= 0.6 is 0 Å². The van der Waals surface area contributed by atoms with Gasteiger partial charge < -0.3 is 4.74 Å². The van der Waals surface area contributed by atoms with E-state index in [2.05, 4.69) is 73.3 Å². The summed E-state index contributed by atoms with van der Waals surface area (Å²) in [5, 5.41) is 15.0. The molecule has 0 atom stereocenters. The van der Waals surface area contributed by atoms with Gasteiger partial charge in [-0.1, -0.05) is 86.4 Å². The highest BCUT2D eigenvalue weighted by molar-refractivity contribution is 6.45. The van der Waals surface area contributed by atoms with Crippen molar-refractivity contribution in [3.05, 3.63) is 79.4 Å². The lowest BCUT2D eigenvalue weighted by atomic mass is 9.83. The molecule has 0 aliphatic rings. The quantitative estimate of drug-likeness (QED) is 0.0484. The molecule has 7 aromatic rings. The van der Waals surface area contributed by atoms with Crippen LogP contribution < -0.4 is 4.74 Å². The number of allylic oxidation sites excluding steroid dienone is 1. The molecule has 0 aliphatic heterocycles. The topological polar surface area (TPSA) is 26.3 Å². The fourth-order valence-electron chi connectivity index (χ4n) is 6.48. The van der Waals surface area contributed by atoms with Crippen LogP contribution in [0.5, 0.6) is 5.75 Å². The summed E-state index contributed by atoms with van der Waals surface area (Å²) in [5.41, 5.74) is 0. The third kappa shape index (κ3) is 3.50. The van der Waals surface area contributed by atoms with Crippen molar-refractivity contribution in [2.45, 2.75) is 51.4 Å². The minimum Gasteiger partial charge on any atom is -0.426 e. The second-order valence-electron chi connectivity index (χ2n) is 10.5. The number of esters is 1. The molecule has 0 aliphatic carbocycles. The second kappa shape index (κ2) is 8.88. The molecule has 0 spiro atoms. The van der Waals surface area contributed by atoms with E-state index in [1.54, 1.807) is 0 Å². The molecule has 0 saturated heterocycles. The van der Waals surface area contributed by atoms with Crippen molar-refractivity contribution in [3.63, 3.8) is 0 Å². The Morgan fingerprint density at radius 2 is 1.05 bits per heavy atom. The van der Waals surface area contributed by atoms with E-state index >= 15 is 0 Å². The summed E-state index contributed by atoms with van der Waals surface area (Å²) in [4.78, 5) is 12.9. The van der Waals surface area contributed by atoms with E-state index in [0.29, 0.717) is 12.2 Å². The molecule has 2 heteroatoms. The fourth-order valence-corrected chi connectivity index (χ4v) is 6.48. The first-order valence-electron chi connectivity index (χ1n) is 13.7. The molecule has 0 radical (unpaired) electrons. The highest BCUT2D eigenvalue weighted by atomic mass is 16.5. The lowest BCUT2D eigenvalue weighted by molar-refractivity contribution is -0.134. The zero-order valence-corrected chi connectivity index (χ0v) is 21.1. The van der Waals surface area contributed by atoms with Crippen LogP contribution in [0.4, 0.5) is 0 Å². The zero-order chi connectivity index (χ0) is 24.9. The molecule has 37 heavy (non-hydrogen) atoms. The molecule has 0 fully saturated rings. The Morgan fingerprint density at radius 1 is 0.595 bits per heavy atom. The fraction of sp³-hybridized carbons (Fsp3) is 0.229. The lowest BCUT2D eigenvalue weighted by Gasteiger charge is -2.21. The first-order chi connectivity index (χ1) is 18.2. The van der Waals surface area contributed by atoms with Gasteiger partial charge in [-0.05, 0) is 85.3 Å². The maximum Gasteiger partial charge on any atom is 0.311 e. The molecule has 0 unspecified atom stereocenters. The predicted octanol–water partition coefficient (Wildman–Crippen LogP) is 10.1. The standard InChI is InChI=1S/C35H30O2/c1-2-3-4-5-6-7-8-9-10-29(36)37-28-21-26-18-17-24-14-12-22-11-13-23-15-16-25-19-20-27(28)35-33(25)31(23)30(22)32(24)34(26)35/h2,11-21H,1,3-10H2. The maximum atomic E-state index is 12.9. The zero-order valence-electron chi connectivity index (χ0n) is 21.1. The second-order valence-corrected chi connectivity index (χ2v) is 10.5. The van der Waals surface area contributed by atoms with E-state index in [-0.39, 0.29) is 5.97 Å². The van der Waals surface area contributed by atoms with Crippen LogP contribution in [0.3, 0.4) is 0 Å². The van der Waals surface area contributed by atoms with Crippen LogP contribution in [0.15, 0.2) is 79.4 Å². The average molecular weight is 483 g/mol. The summed E-state index contributed by atoms with van der Waals surface area (Å²) in [6, 6.07) is 24.2. The van der Waals surface area contributed by atoms with Crippen LogP contribution in [0.2, 0.25) is 0 Å². The first-order valence-corrected chi connectivity index (χ1v) is 13.7. The van der Waals surface area contributed by atoms with Crippen molar-refractivity contribution >= 4 is 70.6 Å². The van der Waals surface area contributed by atoms with Gasteiger partial charge in [0, 0.05) is 17.2 Å². The molecule has 7 aromatic carbocycles.